The lowest BCUT2D eigenvalue weighted by Crippen LogP contribution is -2.47. The van der Waals surface area contributed by atoms with E-state index in [9.17, 15) is 13.2 Å². The van der Waals surface area contributed by atoms with Crippen LogP contribution in [0.15, 0.2) is 52.1 Å². The highest BCUT2D eigenvalue weighted by Gasteiger charge is 2.32. The summed E-state index contributed by atoms with van der Waals surface area (Å²) in [7, 11) is 1.65. The van der Waals surface area contributed by atoms with Crippen LogP contribution in [0.2, 0.25) is 0 Å². The van der Waals surface area contributed by atoms with Gasteiger partial charge in [-0.2, -0.15) is 13.2 Å². The molecule has 1 fully saturated rings. The number of nitrogens with one attached hydrogen (secondary N) is 2. The minimum atomic E-state index is -4.36. The number of hydrogen-bond donors (Lipinski definition) is 2. The molecule has 1 heterocycles. The Bertz CT molecular complexity index is 787. The fourth-order valence-corrected chi connectivity index (χ4v) is 3.08. The van der Waals surface area contributed by atoms with Crippen molar-refractivity contribution in [1.82, 2.24) is 10.6 Å². The van der Waals surface area contributed by atoms with Crippen LogP contribution in [-0.4, -0.2) is 32.3 Å². The second-order valence-corrected chi connectivity index (χ2v) is 7.16. The van der Waals surface area contributed by atoms with E-state index in [1.54, 1.807) is 19.4 Å². The van der Waals surface area contributed by atoms with Crippen molar-refractivity contribution in [3.8, 4) is 0 Å². The first-order chi connectivity index (χ1) is 14.0. The minimum Gasteiger partial charge on any atom is -0.469 e. The maximum absolute atomic E-state index is 12.9. The van der Waals surface area contributed by atoms with E-state index in [4.69, 9.17) is 9.15 Å². The van der Waals surface area contributed by atoms with Crippen LogP contribution in [-0.2, 0) is 23.9 Å². The smallest absolute Gasteiger partial charge is 0.416 e. The maximum Gasteiger partial charge on any atom is 0.416 e. The molecule has 1 aliphatic rings. The second kappa shape index (κ2) is 9.82. The molecular formula is C21H26F3N3O2. The molecule has 0 spiro atoms. The molecule has 0 bridgehead atoms. The lowest BCUT2D eigenvalue weighted by Gasteiger charge is -2.21. The number of furan rings is 1. The number of nitrogens with zero attached hydrogens (tertiary/aromatic N) is 1. The van der Waals surface area contributed by atoms with Gasteiger partial charge in [-0.15, -0.1) is 0 Å². The normalized spacial score (nSPS) is 15.9. The number of rotatable bonds is 9. The molecule has 8 heteroatoms. The van der Waals surface area contributed by atoms with Gasteiger partial charge in [-0.3, -0.25) is 0 Å². The zero-order chi connectivity index (χ0) is 20.7. The molecule has 0 amide bonds. The molecule has 1 aromatic carbocycles. The van der Waals surface area contributed by atoms with Gasteiger partial charge < -0.3 is 19.8 Å². The van der Waals surface area contributed by atoms with E-state index in [0.29, 0.717) is 37.0 Å². The van der Waals surface area contributed by atoms with E-state index in [-0.39, 0.29) is 12.6 Å². The Morgan fingerprint density at radius 3 is 2.76 bits per heavy atom. The Morgan fingerprint density at radius 1 is 1.28 bits per heavy atom. The van der Waals surface area contributed by atoms with E-state index in [1.165, 1.54) is 6.07 Å². The van der Waals surface area contributed by atoms with E-state index >= 15 is 0 Å². The molecule has 1 saturated carbocycles. The summed E-state index contributed by atoms with van der Waals surface area (Å²) in [6, 6.07) is 9.10. The number of aliphatic imine (C=N–C) groups is 1. The first kappa shape index (κ1) is 21.2. The molecule has 1 aromatic heterocycles. The first-order valence-electron chi connectivity index (χ1n) is 9.68. The van der Waals surface area contributed by atoms with Crippen molar-refractivity contribution in [1.29, 1.82) is 0 Å². The van der Waals surface area contributed by atoms with E-state index < -0.39 is 11.7 Å². The summed E-state index contributed by atoms with van der Waals surface area (Å²) in [5, 5.41) is 6.62. The van der Waals surface area contributed by atoms with Crippen LogP contribution in [0, 0.1) is 5.92 Å². The number of alkyl halides is 3. The van der Waals surface area contributed by atoms with E-state index in [1.807, 2.05) is 12.1 Å². The van der Waals surface area contributed by atoms with E-state index in [0.717, 1.165) is 30.7 Å². The largest absolute Gasteiger partial charge is 0.469 e. The third-order valence-corrected chi connectivity index (χ3v) is 4.78. The average Bonchev–Trinajstić information content (AvgIpc) is 3.41. The second-order valence-electron chi connectivity index (χ2n) is 7.16. The molecule has 158 valence electrons. The average molecular weight is 409 g/mol. The molecule has 2 aromatic rings. The predicted octanol–water partition coefficient (Wildman–Crippen LogP) is 4.00. The molecule has 29 heavy (non-hydrogen) atoms. The monoisotopic (exact) mass is 409 g/mol. The Morgan fingerprint density at radius 2 is 2.10 bits per heavy atom. The maximum atomic E-state index is 12.9. The minimum absolute atomic E-state index is 0.122. The van der Waals surface area contributed by atoms with Crippen LogP contribution in [0.4, 0.5) is 13.2 Å². The molecule has 1 atom stereocenters. The van der Waals surface area contributed by atoms with Crippen LogP contribution >= 0.6 is 0 Å². The molecular weight excluding hydrogens is 383 g/mol. The van der Waals surface area contributed by atoms with Gasteiger partial charge in [0.2, 0.25) is 0 Å². The van der Waals surface area contributed by atoms with Gasteiger partial charge in [0.1, 0.15) is 5.76 Å². The Labute approximate surface area is 168 Å². The van der Waals surface area contributed by atoms with Gasteiger partial charge in [0.05, 0.1) is 31.0 Å². The standard InChI is InChI=1S/C21H26F3N3O2/c1-28-14-19(16-7-8-16)27-20(25-10-9-18-6-3-11-29-18)26-13-15-4-2-5-17(12-15)21(22,23)24/h2-6,11-12,16,19H,7-10,13-14H2,1H3,(H2,25,26,27). The van der Waals surface area contributed by atoms with Crippen LogP contribution < -0.4 is 10.6 Å². The Kier molecular flexibility index (Phi) is 7.19. The van der Waals surface area contributed by atoms with Crippen molar-refractivity contribution in [3.63, 3.8) is 0 Å². The highest BCUT2D eigenvalue weighted by molar-refractivity contribution is 5.80. The van der Waals surface area contributed by atoms with Crippen molar-refractivity contribution in [2.45, 2.75) is 38.0 Å². The molecule has 0 radical (unpaired) electrons. The number of methoxy groups -OCH3 is 1. The fourth-order valence-electron chi connectivity index (χ4n) is 3.08. The van der Waals surface area contributed by atoms with Gasteiger partial charge >= 0.3 is 6.18 Å². The van der Waals surface area contributed by atoms with Crippen molar-refractivity contribution in [3.05, 3.63) is 59.5 Å². The molecule has 1 aliphatic carbocycles. The first-order valence-corrected chi connectivity index (χ1v) is 9.68. The number of hydrogen-bond acceptors (Lipinski definition) is 3. The van der Waals surface area contributed by atoms with Gasteiger partial charge in [-0.05, 0) is 48.6 Å². The number of ether oxygens (including phenoxy) is 1. The summed E-state index contributed by atoms with van der Waals surface area (Å²) in [5.41, 5.74) is -0.164. The molecule has 3 rings (SSSR count). The van der Waals surface area contributed by atoms with Crippen molar-refractivity contribution >= 4 is 5.96 Å². The van der Waals surface area contributed by atoms with Crippen molar-refractivity contribution in [2.75, 3.05) is 20.3 Å². The third kappa shape index (κ3) is 6.81. The summed E-state index contributed by atoms with van der Waals surface area (Å²) in [6.45, 7) is 1.28. The van der Waals surface area contributed by atoms with Gasteiger partial charge in [-0.25, -0.2) is 4.99 Å². The van der Waals surface area contributed by atoms with Crippen LogP contribution in [0.25, 0.3) is 0 Å². The molecule has 0 saturated heterocycles. The van der Waals surface area contributed by atoms with Gasteiger partial charge in [0.25, 0.3) is 0 Å². The third-order valence-electron chi connectivity index (χ3n) is 4.78. The van der Waals surface area contributed by atoms with Crippen LogP contribution in [0.5, 0.6) is 0 Å². The topological polar surface area (TPSA) is 58.8 Å². The van der Waals surface area contributed by atoms with Gasteiger partial charge in [0.15, 0.2) is 5.96 Å². The fraction of sp³-hybridized carbons (Fsp3) is 0.476. The highest BCUT2D eigenvalue weighted by atomic mass is 19.4. The summed E-state index contributed by atoms with van der Waals surface area (Å²) < 4.78 is 49.4. The van der Waals surface area contributed by atoms with E-state index in [2.05, 4.69) is 15.6 Å². The Balaban J connectivity index is 1.66. The number of guanidine groups is 1. The summed E-state index contributed by atoms with van der Waals surface area (Å²) in [5.74, 6) is 1.94. The van der Waals surface area contributed by atoms with Gasteiger partial charge in [-0.1, -0.05) is 12.1 Å². The zero-order valence-corrected chi connectivity index (χ0v) is 16.3. The molecule has 0 aliphatic heterocycles. The Hall–Kier alpha value is -2.48. The molecule has 1 unspecified atom stereocenters. The van der Waals surface area contributed by atoms with Crippen LogP contribution in [0.3, 0.4) is 0 Å². The summed E-state index contributed by atoms with van der Waals surface area (Å²) >= 11 is 0. The van der Waals surface area contributed by atoms with Crippen LogP contribution in [0.1, 0.15) is 29.7 Å². The summed E-state index contributed by atoms with van der Waals surface area (Å²) in [6.07, 6.45) is 0.202. The molecule has 5 nitrogen and oxygen atoms in total. The number of benzene rings is 1. The predicted molar refractivity (Wildman–Crippen MR) is 105 cm³/mol. The summed E-state index contributed by atoms with van der Waals surface area (Å²) in [4.78, 5) is 4.51. The highest BCUT2D eigenvalue weighted by Crippen LogP contribution is 2.32. The van der Waals surface area contributed by atoms with Gasteiger partial charge in [0, 0.05) is 20.1 Å². The zero-order valence-electron chi connectivity index (χ0n) is 16.3. The quantitative estimate of drug-likeness (QED) is 0.486. The number of halogens is 3. The SMILES string of the molecule is COCC(NC(=NCc1cccc(C(F)(F)F)c1)NCCc1ccco1)C1CC1. The van der Waals surface area contributed by atoms with Crippen molar-refractivity contribution < 1.29 is 22.3 Å². The molecule has 2 N–H and O–H groups in total. The van der Waals surface area contributed by atoms with Crippen molar-refractivity contribution in [2.24, 2.45) is 10.9 Å². The lowest BCUT2D eigenvalue weighted by molar-refractivity contribution is -0.137. The lowest BCUT2D eigenvalue weighted by atomic mass is 10.1.